The number of amides is 2. The van der Waals surface area contributed by atoms with Crippen molar-refractivity contribution in [2.75, 3.05) is 31.1 Å². The summed E-state index contributed by atoms with van der Waals surface area (Å²) in [6.07, 6.45) is 4.41. The lowest BCUT2D eigenvalue weighted by atomic mass is 10.2. The Balaban J connectivity index is 1.52. The number of hydrogen-bond donors (Lipinski definition) is 1. The fourth-order valence-electron chi connectivity index (χ4n) is 2.63. The molecule has 1 aliphatic rings. The number of piperazine rings is 1. The Labute approximate surface area is 139 Å². The molecule has 1 saturated heterocycles. The van der Waals surface area contributed by atoms with E-state index in [-0.39, 0.29) is 11.8 Å². The minimum atomic E-state index is -0.588. The third-order valence-electron chi connectivity index (χ3n) is 3.97. The van der Waals surface area contributed by atoms with Gasteiger partial charge in [-0.15, -0.1) is 5.10 Å². The average Bonchev–Trinajstić information content (AvgIpc) is 3.17. The molecule has 0 aromatic carbocycles. The van der Waals surface area contributed by atoms with Crippen molar-refractivity contribution in [1.29, 1.82) is 0 Å². The van der Waals surface area contributed by atoms with Gasteiger partial charge in [0.15, 0.2) is 5.82 Å². The van der Waals surface area contributed by atoms with E-state index in [2.05, 4.69) is 20.4 Å². The highest BCUT2D eigenvalue weighted by molar-refractivity contribution is 5.97. The molecule has 2 aromatic rings. The number of furan rings is 1. The predicted octanol–water partition coefficient (Wildman–Crippen LogP) is 0.537. The van der Waals surface area contributed by atoms with E-state index in [0.29, 0.717) is 31.7 Å². The quantitative estimate of drug-likeness (QED) is 0.880. The Morgan fingerprint density at radius 3 is 2.67 bits per heavy atom. The summed E-state index contributed by atoms with van der Waals surface area (Å²) in [4.78, 5) is 28.3. The zero-order valence-corrected chi connectivity index (χ0v) is 13.4. The highest BCUT2D eigenvalue weighted by atomic mass is 16.3. The zero-order valence-electron chi connectivity index (χ0n) is 13.4. The lowest BCUT2D eigenvalue weighted by Gasteiger charge is -2.36. The summed E-state index contributed by atoms with van der Waals surface area (Å²) in [5, 5.41) is 10.6. The molecule has 1 fully saturated rings. The molecule has 0 saturated carbocycles. The van der Waals surface area contributed by atoms with Crippen LogP contribution in [0.5, 0.6) is 0 Å². The molecule has 0 unspecified atom stereocenters. The van der Waals surface area contributed by atoms with Crippen molar-refractivity contribution in [2.24, 2.45) is 0 Å². The molecule has 1 aliphatic heterocycles. The normalized spacial score (nSPS) is 15.9. The maximum absolute atomic E-state index is 12.5. The maximum atomic E-state index is 12.5. The first-order valence-corrected chi connectivity index (χ1v) is 7.79. The van der Waals surface area contributed by atoms with Gasteiger partial charge in [-0.25, -0.2) is 0 Å². The first-order chi connectivity index (χ1) is 11.6. The maximum Gasteiger partial charge on any atom is 0.255 e. The molecule has 0 bridgehead atoms. The molecule has 0 radical (unpaired) electrons. The van der Waals surface area contributed by atoms with Crippen LogP contribution in [-0.4, -0.2) is 59.1 Å². The Morgan fingerprint density at radius 2 is 2.04 bits per heavy atom. The van der Waals surface area contributed by atoms with Crippen molar-refractivity contribution in [2.45, 2.75) is 13.0 Å². The van der Waals surface area contributed by atoms with E-state index in [4.69, 9.17) is 4.42 Å². The standard InChI is InChI=1S/C16H19N5O3/c1-12(18-15(22)13-4-10-24-11-13)16(23)21-8-6-20(7-9-21)14-3-2-5-17-19-14/h2-5,10-12H,6-9H2,1H3,(H,18,22)/t12-/m1/s1. The van der Waals surface area contributed by atoms with Crippen LogP contribution in [0.1, 0.15) is 17.3 Å². The van der Waals surface area contributed by atoms with Crippen LogP contribution in [0.4, 0.5) is 5.82 Å². The third-order valence-corrected chi connectivity index (χ3v) is 3.97. The van der Waals surface area contributed by atoms with E-state index in [1.807, 2.05) is 12.1 Å². The van der Waals surface area contributed by atoms with Gasteiger partial charge in [0.2, 0.25) is 5.91 Å². The molecular weight excluding hydrogens is 310 g/mol. The van der Waals surface area contributed by atoms with E-state index in [0.717, 1.165) is 5.82 Å². The Morgan fingerprint density at radius 1 is 1.25 bits per heavy atom. The second-order valence-corrected chi connectivity index (χ2v) is 5.60. The molecular formula is C16H19N5O3. The molecule has 3 rings (SSSR count). The molecule has 1 atom stereocenters. The van der Waals surface area contributed by atoms with Crippen LogP contribution in [0.25, 0.3) is 0 Å². The number of hydrogen-bond acceptors (Lipinski definition) is 6. The zero-order chi connectivity index (χ0) is 16.9. The molecule has 8 nitrogen and oxygen atoms in total. The lowest BCUT2D eigenvalue weighted by molar-refractivity contribution is -0.133. The van der Waals surface area contributed by atoms with Crippen LogP contribution in [0.15, 0.2) is 41.3 Å². The molecule has 2 amide bonds. The van der Waals surface area contributed by atoms with Crippen molar-refractivity contribution in [3.8, 4) is 0 Å². The monoisotopic (exact) mass is 329 g/mol. The topological polar surface area (TPSA) is 91.6 Å². The predicted molar refractivity (Wildman–Crippen MR) is 86.5 cm³/mol. The van der Waals surface area contributed by atoms with E-state index >= 15 is 0 Å². The van der Waals surface area contributed by atoms with Crippen LogP contribution in [-0.2, 0) is 4.79 Å². The van der Waals surface area contributed by atoms with Gasteiger partial charge in [-0.3, -0.25) is 9.59 Å². The molecule has 126 valence electrons. The number of anilines is 1. The molecule has 8 heteroatoms. The summed E-state index contributed by atoms with van der Waals surface area (Å²) in [7, 11) is 0. The summed E-state index contributed by atoms with van der Waals surface area (Å²) < 4.78 is 4.88. The summed E-state index contributed by atoms with van der Waals surface area (Å²) in [5.74, 6) is 0.402. The summed E-state index contributed by atoms with van der Waals surface area (Å²) in [6.45, 7) is 4.23. The molecule has 0 spiro atoms. The number of carbonyl (C=O) groups is 2. The van der Waals surface area contributed by atoms with Crippen molar-refractivity contribution < 1.29 is 14.0 Å². The lowest BCUT2D eigenvalue weighted by Crippen LogP contribution is -2.54. The summed E-state index contributed by atoms with van der Waals surface area (Å²) >= 11 is 0. The second-order valence-electron chi connectivity index (χ2n) is 5.60. The van der Waals surface area contributed by atoms with Crippen LogP contribution in [0, 0.1) is 0 Å². The van der Waals surface area contributed by atoms with Crippen molar-refractivity contribution in [1.82, 2.24) is 20.4 Å². The number of carbonyl (C=O) groups excluding carboxylic acids is 2. The van der Waals surface area contributed by atoms with Crippen molar-refractivity contribution in [3.05, 3.63) is 42.5 Å². The Kier molecular flexibility index (Phi) is 4.74. The molecule has 2 aromatic heterocycles. The van der Waals surface area contributed by atoms with E-state index < -0.39 is 6.04 Å². The molecule has 0 aliphatic carbocycles. The van der Waals surface area contributed by atoms with Gasteiger partial charge in [0.25, 0.3) is 5.91 Å². The smallest absolute Gasteiger partial charge is 0.255 e. The van der Waals surface area contributed by atoms with Gasteiger partial charge >= 0.3 is 0 Å². The Bertz CT molecular complexity index is 681. The minimum absolute atomic E-state index is 0.0920. The van der Waals surface area contributed by atoms with E-state index in [9.17, 15) is 9.59 Å². The largest absolute Gasteiger partial charge is 0.472 e. The van der Waals surface area contributed by atoms with Gasteiger partial charge in [-0.1, -0.05) is 0 Å². The first kappa shape index (κ1) is 16.0. The van der Waals surface area contributed by atoms with Gasteiger partial charge in [-0.05, 0) is 25.1 Å². The first-order valence-electron chi connectivity index (χ1n) is 7.79. The van der Waals surface area contributed by atoms with Gasteiger partial charge in [-0.2, -0.15) is 5.10 Å². The number of rotatable bonds is 4. The number of nitrogens with zero attached hydrogens (tertiary/aromatic N) is 4. The van der Waals surface area contributed by atoms with Crippen LogP contribution < -0.4 is 10.2 Å². The SMILES string of the molecule is C[C@@H](NC(=O)c1ccoc1)C(=O)N1CCN(c2cccnn2)CC1. The van der Waals surface area contributed by atoms with E-state index in [1.165, 1.54) is 12.5 Å². The highest BCUT2D eigenvalue weighted by Crippen LogP contribution is 2.12. The molecule has 3 heterocycles. The van der Waals surface area contributed by atoms with Gasteiger partial charge < -0.3 is 19.5 Å². The molecule has 1 N–H and O–H groups in total. The summed E-state index contributed by atoms with van der Waals surface area (Å²) in [6, 6.07) is 4.72. The molecule has 24 heavy (non-hydrogen) atoms. The van der Waals surface area contributed by atoms with Crippen molar-refractivity contribution >= 4 is 17.6 Å². The summed E-state index contributed by atoms with van der Waals surface area (Å²) in [5.41, 5.74) is 0.405. The average molecular weight is 329 g/mol. The van der Waals surface area contributed by atoms with Gasteiger partial charge in [0, 0.05) is 32.4 Å². The van der Waals surface area contributed by atoms with Gasteiger partial charge in [0.05, 0.1) is 11.8 Å². The van der Waals surface area contributed by atoms with Gasteiger partial charge in [0.1, 0.15) is 12.3 Å². The fraction of sp³-hybridized carbons (Fsp3) is 0.375. The fourth-order valence-corrected chi connectivity index (χ4v) is 2.63. The van der Waals surface area contributed by atoms with E-state index in [1.54, 1.807) is 24.1 Å². The van der Waals surface area contributed by atoms with Crippen molar-refractivity contribution in [3.63, 3.8) is 0 Å². The van der Waals surface area contributed by atoms with Crippen LogP contribution >= 0.6 is 0 Å². The minimum Gasteiger partial charge on any atom is -0.472 e. The number of aromatic nitrogens is 2. The third kappa shape index (κ3) is 3.53. The highest BCUT2D eigenvalue weighted by Gasteiger charge is 2.26. The van der Waals surface area contributed by atoms with Crippen LogP contribution in [0.2, 0.25) is 0 Å². The Hall–Kier alpha value is -2.90. The second kappa shape index (κ2) is 7.12. The number of nitrogens with one attached hydrogen (secondary N) is 1. The van der Waals surface area contributed by atoms with Crippen LogP contribution in [0.3, 0.4) is 0 Å².